The van der Waals surface area contributed by atoms with Crippen molar-refractivity contribution in [3.8, 4) is 0 Å². The van der Waals surface area contributed by atoms with Gasteiger partial charge in [-0.3, -0.25) is 9.59 Å². The molecule has 0 spiro atoms. The number of nitrogens with one attached hydrogen (secondary N) is 1. The van der Waals surface area contributed by atoms with E-state index >= 15 is 0 Å². The summed E-state index contributed by atoms with van der Waals surface area (Å²) in [5.41, 5.74) is 5.04. The molecule has 0 bridgehead atoms. The monoisotopic (exact) mass is 298 g/mol. The molecule has 0 radical (unpaired) electrons. The number of carboxylic acid groups (broad SMARTS) is 1. The molecule has 2 rings (SSSR count). The van der Waals surface area contributed by atoms with Gasteiger partial charge in [0.1, 0.15) is 5.54 Å². The third kappa shape index (κ3) is 2.44. The smallest absolute Gasteiger partial charge is 0.305 e. The summed E-state index contributed by atoms with van der Waals surface area (Å²) in [6.07, 6.45) is 2.20. The Morgan fingerprint density at radius 3 is 2.71 bits per heavy atom. The molecule has 6 heteroatoms. The van der Waals surface area contributed by atoms with E-state index in [9.17, 15) is 9.59 Å². The number of hydrogen-bond donors (Lipinski definition) is 3. The molecule has 0 aromatic carbocycles. The minimum Gasteiger partial charge on any atom is -0.481 e. The van der Waals surface area contributed by atoms with Crippen LogP contribution in [0.1, 0.15) is 46.5 Å². The number of carbonyl (C=O) groups is 2. The lowest BCUT2D eigenvalue weighted by Crippen LogP contribution is -2.80. The van der Waals surface area contributed by atoms with Crippen molar-refractivity contribution in [2.24, 2.45) is 17.1 Å². The quantitative estimate of drug-likeness (QED) is 0.676. The first-order valence-corrected chi connectivity index (χ1v) is 7.68. The van der Waals surface area contributed by atoms with Crippen molar-refractivity contribution in [2.45, 2.75) is 64.1 Å². The Morgan fingerprint density at radius 2 is 2.14 bits per heavy atom. The zero-order valence-corrected chi connectivity index (χ0v) is 13.0. The second-order valence-corrected chi connectivity index (χ2v) is 6.83. The van der Waals surface area contributed by atoms with E-state index in [4.69, 9.17) is 15.6 Å². The van der Waals surface area contributed by atoms with Gasteiger partial charge in [-0.25, -0.2) is 0 Å². The van der Waals surface area contributed by atoms with Gasteiger partial charge in [-0.1, -0.05) is 27.2 Å². The van der Waals surface area contributed by atoms with Crippen LogP contribution in [0.2, 0.25) is 0 Å². The zero-order valence-electron chi connectivity index (χ0n) is 13.0. The molecule has 4 N–H and O–H groups in total. The summed E-state index contributed by atoms with van der Waals surface area (Å²) in [5, 5.41) is 11.8. The molecule has 0 aromatic rings. The van der Waals surface area contributed by atoms with Crippen molar-refractivity contribution in [3.63, 3.8) is 0 Å². The van der Waals surface area contributed by atoms with Crippen LogP contribution in [0.25, 0.3) is 0 Å². The van der Waals surface area contributed by atoms with Crippen molar-refractivity contribution in [2.75, 3.05) is 6.61 Å². The van der Waals surface area contributed by atoms with E-state index in [0.29, 0.717) is 13.0 Å². The number of amides is 1. The summed E-state index contributed by atoms with van der Waals surface area (Å²) in [6, 6.07) is -0.363. The third-order valence-electron chi connectivity index (χ3n) is 5.22. The second-order valence-electron chi connectivity index (χ2n) is 6.83. The largest absolute Gasteiger partial charge is 0.481 e. The molecule has 4 unspecified atom stereocenters. The lowest BCUT2D eigenvalue weighted by molar-refractivity contribution is -0.176. The van der Waals surface area contributed by atoms with Gasteiger partial charge < -0.3 is 20.9 Å². The predicted octanol–water partition coefficient (Wildman–Crippen LogP) is 0.888. The van der Waals surface area contributed by atoms with E-state index in [-0.39, 0.29) is 30.4 Å². The van der Waals surface area contributed by atoms with Crippen LogP contribution >= 0.6 is 0 Å². The molecular weight excluding hydrogens is 272 g/mol. The number of carboxylic acids is 1. The Kier molecular flexibility index (Phi) is 4.31. The Hall–Kier alpha value is -1.14. The van der Waals surface area contributed by atoms with Crippen LogP contribution < -0.4 is 11.1 Å². The van der Waals surface area contributed by atoms with Crippen molar-refractivity contribution in [1.29, 1.82) is 0 Å². The van der Waals surface area contributed by atoms with Crippen molar-refractivity contribution in [1.82, 2.24) is 5.32 Å². The normalized spacial score (nSPS) is 34.7. The zero-order chi connectivity index (χ0) is 15.8. The van der Waals surface area contributed by atoms with Crippen LogP contribution in [0, 0.1) is 11.3 Å². The van der Waals surface area contributed by atoms with Crippen LogP contribution in [-0.4, -0.2) is 41.3 Å². The molecule has 1 heterocycles. The van der Waals surface area contributed by atoms with Crippen LogP contribution in [-0.2, 0) is 14.3 Å². The van der Waals surface area contributed by atoms with Gasteiger partial charge >= 0.3 is 5.97 Å². The standard InChI is InChI=1S/C15H26N2O4/c1-4-5-9(8-11(18)19)17-13(20)15(16)10-6-7-21-12(10)14(15,2)3/h9-10,12H,4-8,16H2,1-3H3,(H,17,20)(H,18,19). The van der Waals surface area contributed by atoms with E-state index in [0.717, 1.165) is 12.8 Å². The summed E-state index contributed by atoms with van der Waals surface area (Å²) in [4.78, 5) is 23.6. The number of aliphatic carboxylic acids is 1. The van der Waals surface area contributed by atoms with E-state index in [1.165, 1.54) is 0 Å². The average molecular weight is 298 g/mol. The SMILES string of the molecule is CCCC(CC(=O)O)NC(=O)C1(N)C2CCOC2C1(C)C. The van der Waals surface area contributed by atoms with Gasteiger partial charge in [0.15, 0.2) is 0 Å². The minimum atomic E-state index is -0.974. The molecular formula is C15H26N2O4. The number of ether oxygens (including phenoxy) is 1. The highest BCUT2D eigenvalue weighted by molar-refractivity contribution is 5.90. The molecule has 2 aliphatic rings. The van der Waals surface area contributed by atoms with E-state index in [2.05, 4.69) is 5.32 Å². The second kappa shape index (κ2) is 5.57. The summed E-state index contributed by atoms with van der Waals surface area (Å²) in [7, 11) is 0. The highest BCUT2D eigenvalue weighted by Crippen LogP contribution is 2.58. The summed E-state index contributed by atoms with van der Waals surface area (Å²) in [5.74, 6) is -1.12. The maximum absolute atomic E-state index is 12.7. The Balaban J connectivity index is 2.09. The van der Waals surface area contributed by atoms with Crippen LogP contribution in [0.15, 0.2) is 0 Å². The Labute approximate surface area is 125 Å². The molecule has 1 saturated heterocycles. The molecule has 0 aromatic heterocycles. The van der Waals surface area contributed by atoms with E-state index < -0.39 is 16.9 Å². The van der Waals surface area contributed by atoms with Gasteiger partial charge in [-0.15, -0.1) is 0 Å². The fraction of sp³-hybridized carbons (Fsp3) is 0.867. The molecule has 2 fully saturated rings. The van der Waals surface area contributed by atoms with E-state index in [1.54, 1.807) is 0 Å². The first-order chi connectivity index (χ1) is 9.75. The molecule has 1 aliphatic heterocycles. The lowest BCUT2D eigenvalue weighted by atomic mass is 9.48. The minimum absolute atomic E-state index is 0.0253. The summed E-state index contributed by atoms with van der Waals surface area (Å²) >= 11 is 0. The lowest BCUT2D eigenvalue weighted by Gasteiger charge is -2.60. The van der Waals surface area contributed by atoms with Gasteiger partial charge in [0, 0.05) is 24.0 Å². The average Bonchev–Trinajstić information content (AvgIpc) is 2.85. The summed E-state index contributed by atoms with van der Waals surface area (Å²) < 4.78 is 5.68. The summed E-state index contributed by atoms with van der Waals surface area (Å²) in [6.45, 7) is 6.50. The van der Waals surface area contributed by atoms with Crippen LogP contribution in [0.4, 0.5) is 0 Å². The number of fused-ring (bicyclic) bond motifs is 1. The number of nitrogens with two attached hydrogens (primary N) is 1. The van der Waals surface area contributed by atoms with Gasteiger partial charge in [0.25, 0.3) is 0 Å². The molecule has 21 heavy (non-hydrogen) atoms. The maximum Gasteiger partial charge on any atom is 0.305 e. The molecule has 4 atom stereocenters. The number of carbonyl (C=O) groups excluding carboxylic acids is 1. The topological polar surface area (TPSA) is 102 Å². The van der Waals surface area contributed by atoms with Gasteiger partial charge in [-0.05, 0) is 12.8 Å². The fourth-order valence-corrected chi connectivity index (χ4v) is 3.93. The molecule has 1 aliphatic carbocycles. The first-order valence-electron chi connectivity index (χ1n) is 7.68. The Morgan fingerprint density at radius 1 is 1.48 bits per heavy atom. The fourth-order valence-electron chi connectivity index (χ4n) is 3.93. The number of rotatable bonds is 6. The number of hydrogen-bond acceptors (Lipinski definition) is 4. The van der Waals surface area contributed by atoms with Gasteiger partial charge in [0.05, 0.1) is 12.5 Å². The molecule has 1 amide bonds. The highest BCUT2D eigenvalue weighted by atomic mass is 16.5. The first kappa shape index (κ1) is 16.2. The molecule has 6 nitrogen and oxygen atoms in total. The van der Waals surface area contributed by atoms with E-state index in [1.807, 2.05) is 20.8 Å². The highest BCUT2D eigenvalue weighted by Gasteiger charge is 2.71. The predicted molar refractivity (Wildman–Crippen MR) is 77.6 cm³/mol. The Bertz CT molecular complexity index is 437. The van der Waals surface area contributed by atoms with Crippen molar-refractivity contribution in [3.05, 3.63) is 0 Å². The van der Waals surface area contributed by atoms with Crippen molar-refractivity contribution >= 4 is 11.9 Å². The van der Waals surface area contributed by atoms with Gasteiger partial charge in [0.2, 0.25) is 5.91 Å². The van der Waals surface area contributed by atoms with Crippen LogP contribution in [0.3, 0.4) is 0 Å². The van der Waals surface area contributed by atoms with Gasteiger partial charge in [-0.2, -0.15) is 0 Å². The third-order valence-corrected chi connectivity index (χ3v) is 5.22. The maximum atomic E-state index is 12.7. The molecule has 1 saturated carbocycles. The van der Waals surface area contributed by atoms with Crippen molar-refractivity contribution < 1.29 is 19.4 Å². The van der Waals surface area contributed by atoms with Crippen LogP contribution in [0.5, 0.6) is 0 Å². The molecule has 120 valence electrons.